The third-order valence-corrected chi connectivity index (χ3v) is 3.09. The molecule has 2 aromatic heterocycles. The maximum Gasteiger partial charge on any atom is 0.200 e. The van der Waals surface area contributed by atoms with Crippen LogP contribution in [0.1, 0.15) is 0 Å². The highest BCUT2D eigenvalue weighted by Crippen LogP contribution is 2.29. The SMILES string of the molecule is Cn1cc(-c2cn(C)c3ccccc23)nc1N. The largest absolute Gasteiger partial charge is 0.369 e. The number of aromatic nitrogens is 3. The van der Waals surface area contributed by atoms with Gasteiger partial charge in [-0.05, 0) is 6.07 Å². The monoisotopic (exact) mass is 226 g/mol. The van der Waals surface area contributed by atoms with Crippen LogP contribution in [0.4, 0.5) is 5.95 Å². The minimum Gasteiger partial charge on any atom is -0.369 e. The van der Waals surface area contributed by atoms with Crippen LogP contribution in [-0.4, -0.2) is 14.1 Å². The quantitative estimate of drug-likeness (QED) is 0.691. The number of fused-ring (bicyclic) bond motifs is 1. The molecule has 0 spiro atoms. The number of nitrogen functional groups attached to an aromatic ring is 1. The van der Waals surface area contributed by atoms with Crippen LogP contribution in [0.3, 0.4) is 0 Å². The van der Waals surface area contributed by atoms with Gasteiger partial charge in [-0.1, -0.05) is 18.2 Å². The minimum absolute atomic E-state index is 0.535. The number of aryl methyl sites for hydroxylation is 2. The molecule has 0 fully saturated rings. The van der Waals surface area contributed by atoms with Crippen LogP contribution in [-0.2, 0) is 14.1 Å². The maximum atomic E-state index is 5.77. The summed E-state index contributed by atoms with van der Waals surface area (Å²) in [6.07, 6.45) is 4.05. The third-order valence-electron chi connectivity index (χ3n) is 3.09. The molecule has 4 nitrogen and oxygen atoms in total. The smallest absolute Gasteiger partial charge is 0.200 e. The molecule has 0 saturated carbocycles. The second kappa shape index (κ2) is 3.38. The van der Waals surface area contributed by atoms with Gasteiger partial charge in [0.2, 0.25) is 0 Å². The van der Waals surface area contributed by atoms with E-state index in [1.807, 2.05) is 37.0 Å². The van der Waals surface area contributed by atoms with Crippen molar-refractivity contribution in [2.24, 2.45) is 14.1 Å². The molecule has 17 heavy (non-hydrogen) atoms. The normalized spacial score (nSPS) is 11.2. The van der Waals surface area contributed by atoms with Crippen LogP contribution < -0.4 is 5.73 Å². The number of rotatable bonds is 1. The average Bonchev–Trinajstić information content (AvgIpc) is 2.82. The van der Waals surface area contributed by atoms with Gasteiger partial charge >= 0.3 is 0 Å². The summed E-state index contributed by atoms with van der Waals surface area (Å²) in [5, 5.41) is 1.20. The molecule has 2 N–H and O–H groups in total. The molecule has 0 bridgehead atoms. The Kier molecular flexibility index (Phi) is 1.98. The van der Waals surface area contributed by atoms with Gasteiger partial charge in [-0.2, -0.15) is 0 Å². The third kappa shape index (κ3) is 1.41. The predicted molar refractivity (Wildman–Crippen MR) is 69.5 cm³/mol. The fourth-order valence-electron chi connectivity index (χ4n) is 2.16. The van der Waals surface area contributed by atoms with Crippen LogP contribution in [0.2, 0.25) is 0 Å². The van der Waals surface area contributed by atoms with Gasteiger partial charge in [0.25, 0.3) is 0 Å². The van der Waals surface area contributed by atoms with Crippen molar-refractivity contribution >= 4 is 16.9 Å². The number of anilines is 1. The molecule has 0 aliphatic rings. The number of para-hydroxylation sites is 1. The summed E-state index contributed by atoms with van der Waals surface area (Å²) in [5.41, 5.74) is 9.01. The minimum atomic E-state index is 0.535. The Bertz CT molecular complexity index is 671. The van der Waals surface area contributed by atoms with Gasteiger partial charge in [0, 0.05) is 43.0 Å². The summed E-state index contributed by atoms with van der Waals surface area (Å²) in [6, 6.07) is 8.29. The van der Waals surface area contributed by atoms with Crippen LogP contribution in [0.25, 0.3) is 22.2 Å². The van der Waals surface area contributed by atoms with Gasteiger partial charge in [-0.25, -0.2) is 4.98 Å². The Hall–Kier alpha value is -2.23. The molecule has 0 saturated heterocycles. The standard InChI is InChI=1S/C13H14N4/c1-16-7-10(9-5-3-4-6-12(9)16)11-8-17(2)13(14)15-11/h3-8H,1-2H3,(H2,14,15). The van der Waals surface area contributed by atoms with Gasteiger partial charge in [-0.15, -0.1) is 0 Å². The van der Waals surface area contributed by atoms with Crippen molar-refractivity contribution in [1.29, 1.82) is 0 Å². The van der Waals surface area contributed by atoms with Gasteiger partial charge in [0.1, 0.15) is 0 Å². The summed E-state index contributed by atoms with van der Waals surface area (Å²) in [7, 11) is 3.94. The van der Waals surface area contributed by atoms with E-state index in [4.69, 9.17) is 5.73 Å². The number of nitrogens with two attached hydrogens (primary N) is 1. The van der Waals surface area contributed by atoms with Crippen LogP contribution in [0.15, 0.2) is 36.7 Å². The van der Waals surface area contributed by atoms with Gasteiger partial charge < -0.3 is 14.9 Å². The second-order valence-corrected chi connectivity index (χ2v) is 4.27. The number of imidazole rings is 1. The first-order chi connectivity index (χ1) is 8.16. The number of hydrogen-bond acceptors (Lipinski definition) is 2. The van der Waals surface area contributed by atoms with Crippen LogP contribution in [0.5, 0.6) is 0 Å². The first kappa shape index (κ1) is 9.96. The zero-order valence-corrected chi connectivity index (χ0v) is 9.88. The lowest BCUT2D eigenvalue weighted by Gasteiger charge is -1.93. The molecule has 0 radical (unpaired) electrons. The molecule has 4 heteroatoms. The molecule has 3 rings (SSSR count). The average molecular weight is 226 g/mol. The summed E-state index contributed by atoms with van der Waals surface area (Å²) in [5.74, 6) is 0.535. The van der Waals surface area contributed by atoms with Crippen molar-refractivity contribution in [1.82, 2.24) is 14.1 Å². The first-order valence-electron chi connectivity index (χ1n) is 5.50. The summed E-state index contributed by atoms with van der Waals surface area (Å²) in [4.78, 5) is 4.37. The molecule has 0 unspecified atom stereocenters. The van der Waals surface area contributed by atoms with Crippen molar-refractivity contribution in [3.63, 3.8) is 0 Å². The summed E-state index contributed by atoms with van der Waals surface area (Å²) in [6.45, 7) is 0. The van der Waals surface area contributed by atoms with E-state index < -0.39 is 0 Å². The molecular formula is C13H14N4. The highest BCUT2D eigenvalue weighted by molar-refractivity contribution is 5.95. The zero-order chi connectivity index (χ0) is 12.0. The van der Waals surface area contributed by atoms with Crippen LogP contribution in [0, 0.1) is 0 Å². The number of hydrogen-bond donors (Lipinski definition) is 1. The van der Waals surface area contributed by atoms with Crippen molar-refractivity contribution in [3.05, 3.63) is 36.7 Å². The Morgan fingerprint density at radius 1 is 1.06 bits per heavy atom. The van der Waals surface area contributed by atoms with Crippen LogP contribution >= 0.6 is 0 Å². The Morgan fingerprint density at radius 2 is 1.82 bits per heavy atom. The first-order valence-corrected chi connectivity index (χ1v) is 5.50. The highest BCUT2D eigenvalue weighted by Gasteiger charge is 2.11. The fourth-order valence-corrected chi connectivity index (χ4v) is 2.16. The van der Waals surface area contributed by atoms with E-state index in [-0.39, 0.29) is 0 Å². The van der Waals surface area contributed by atoms with E-state index in [2.05, 4.69) is 27.9 Å². The molecule has 1 aromatic carbocycles. The number of nitrogens with zero attached hydrogens (tertiary/aromatic N) is 3. The van der Waals surface area contributed by atoms with Gasteiger partial charge in [-0.3, -0.25) is 0 Å². The highest BCUT2D eigenvalue weighted by atomic mass is 15.1. The molecule has 0 atom stereocenters. The van der Waals surface area contributed by atoms with E-state index in [1.54, 1.807) is 0 Å². The molecule has 0 aliphatic heterocycles. The summed E-state index contributed by atoms with van der Waals surface area (Å²) < 4.78 is 3.94. The lowest BCUT2D eigenvalue weighted by Crippen LogP contribution is -1.94. The molecule has 0 amide bonds. The van der Waals surface area contributed by atoms with E-state index in [0.717, 1.165) is 11.3 Å². The maximum absolute atomic E-state index is 5.77. The van der Waals surface area contributed by atoms with E-state index in [0.29, 0.717) is 5.95 Å². The summed E-state index contributed by atoms with van der Waals surface area (Å²) >= 11 is 0. The van der Waals surface area contributed by atoms with E-state index in [9.17, 15) is 0 Å². The Morgan fingerprint density at radius 3 is 2.53 bits per heavy atom. The van der Waals surface area contributed by atoms with Gasteiger partial charge in [0.05, 0.1) is 5.69 Å². The molecular weight excluding hydrogens is 212 g/mol. The molecule has 86 valence electrons. The fraction of sp³-hybridized carbons (Fsp3) is 0.154. The van der Waals surface area contributed by atoms with Crippen molar-refractivity contribution < 1.29 is 0 Å². The molecule has 2 heterocycles. The lowest BCUT2D eigenvalue weighted by atomic mass is 10.1. The Labute approximate surface area is 99.3 Å². The zero-order valence-electron chi connectivity index (χ0n) is 9.88. The number of benzene rings is 1. The lowest BCUT2D eigenvalue weighted by molar-refractivity contribution is 0.930. The van der Waals surface area contributed by atoms with Crippen molar-refractivity contribution in [3.8, 4) is 11.3 Å². The van der Waals surface area contributed by atoms with Crippen molar-refractivity contribution in [2.75, 3.05) is 5.73 Å². The molecule has 0 aliphatic carbocycles. The van der Waals surface area contributed by atoms with E-state index >= 15 is 0 Å². The predicted octanol–water partition coefficient (Wildman–Crippen LogP) is 2.16. The van der Waals surface area contributed by atoms with Crippen molar-refractivity contribution in [2.45, 2.75) is 0 Å². The van der Waals surface area contributed by atoms with Gasteiger partial charge in [0.15, 0.2) is 5.95 Å². The topological polar surface area (TPSA) is 48.8 Å². The Balaban J connectivity index is 2.30. The molecule has 3 aromatic rings. The second-order valence-electron chi connectivity index (χ2n) is 4.27. The van der Waals surface area contributed by atoms with E-state index in [1.165, 1.54) is 10.9 Å².